The van der Waals surface area contributed by atoms with Gasteiger partial charge in [0.1, 0.15) is 5.76 Å². The summed E-state index contributed by atoms with van der Waals surface area (Å²) in [5, 5.41) is 12.1. The van der Waals surface area contributed by atoms with Gasteiger partial charge in [0.25, 0.3) is 0 Å². The quantitative estimate of drug-likeness (QED) is 0.722. The van der Waals surface area contributed by atoms with Crippen molar-refractivity contribution in [1.29, 1.82) is 0 Å². The van der Waals surface area contributed by atoms with Crippen molar-refractivity contribution in [2.24, 2.45) is 0 Å². The van der Waals surface area contributed by atoms with E-state index in [1.807, 2.05) is 12.5 Å². The molecule has 2 aromatic heterocycles. The van der Waals surface area contributed by atoms with Gasteiger partial charge < -0.3 is 19.4 Å². The number of carboxylic acid groups (broad SMARTS) is 1. The van der Waals surface area contributed by atoms with Crippen LogP contribution in [0.5, 0.6) is 0 Å². The maximum Gasteiger partial charge on any atom is 0.372 e. The fourth-order valence-electron chi connectivity index (χ4n) is 2.02. The highest BCUT2D eigenvalue weighted by Crippen LogP contribution is 2.14. The summed E-state index contributed by atoms with van der Waals surface area (Å²) < 4.78 is 7.32. The molecule has 2 N–H and O–H groups in total. The fourth-order valence-corrected chi connectivity index (χ4v) is 2.02. The van der Waals surface area contributed by atoms with E-state index in [1.165, 1.54) is 0 Å². The number of carbonyl (C=O) groups is 1. The number of imidazole rings is 1. The van der Waals surface area contributed by atoms with E-state index in [2.05, 4.69) is 14.9 Å². The third-order valence-corrected chi connectivity index (χ3v) is 3.04. The number of aryl methyl sites for hydroxylation is 2. The van der Waals surface area contributed by atoms with Crippen LogP contribution in [0.4, 0.5) is 0 Å². The summed E-state index contributed by atoms with van der Waals surface area (Å²) in [4.78, 5) is 14.8. The van der Waals surface area contributed by atoms with E-state index in [0.717, 1.165) is 25.9 Å². The first-order valence-corrected chi connectivity index (χ1v) is 6.66. The largest absolute Gasteiger partial charge is 0.475 e. The van der Waals surface area contributed by atoms with Crippen LogP contribution in [-0.4, -0.2) is 27.2 Å². The molecule has 0 unspecified atom stereocenters. The van der Waals surface area contributed by atoms with Crippen LogP contribution in [0.3, 0.4) is 0 Å². The van der Waals surface area contributed by atoms with Gasteiger partial charge in [-0.1, -0.05) is 0 Å². The van der Waals surface area contributed by atoms with Gasteiger partial charge in [-0.15, -0.1) is 0 Å². The first-order valence-electron chi connectivity index (χ1n) is 6.66. The van der Waals surface area contributed by atoms with E-state index in [1.54, 1.807) is 19.2 Å². The van der Waals surface area contributed by atoms with Crippen molar-refractivity contribution in [3.63, 3.8) is 0 Å². The summed E-state index contributed by atoms with van der Waals surface area (Å²) in [6, 6.07) is 1.77. The number of nitrogens with zero attached hydrogens (tertiary/aromatic N) is 2. The lowest BCUT2D eigenvalue weighted by molar-refractivity contribution is 0.0659. The average Bonchev–Trinajstić information content (AvgIpc) is 3.03. The van der Waals surface area contributed by atoms with Gasteiger partial charge in [-0.25, -0.2) is 9.78 Å². The second-order valence-electron chi connectivity index (χ2n) is 4.71. The van der Waals surface area contributed by atoms with Crippen LogP contribution in [0.2, 0.25) is 0 Å². The predicted octanol–water partition coefficient (Wildman–Crippen LogP) is 2.05. The van der Waals surface area contributed by atoms with E-state index < -0.39 is 5.97 Å². The van der Waals surface area contributed by atoms with Crippen LogP contribution >= 0.6 is 0 Å². The fraction of sp³-hybridized carbons (Fsp3) is 0.429. The number of furan rings is 1. The van der Waals surface area contributed by atoms with E-state index in [-0.39, 0.29) is 5.76 Å². The molecule has 6 nitrogen and oxygen atoms in total. The second-order valence-corrected chi connectivity index (χ2v) is 4.71. The molecule has 0 saturated carbocycles. The number of aromatic carboxylic acids is 1. The summed E-state index contributed by atoms with van der Waals surface area (Å²) in [5.74, 6) is -0.328. The lowest BCUT2D eigenvalue weighted by Gasteiger charge is -2.03. The highest BCUT2D eigenvalue weighted by Gasteiger charge is 2.13. The number of hydrogen-bond acceptors (Lipinski definition) is 4. The van der Waals surface area contributed by atoms with Crippen molar-refractivity contribution >= 4 is 5.97 Å². The molecule has 0 aliphatic heterocycles. The molecule has 0 aliphatic carbocycles. The van der Waals surface area contributed by atoms with Crippen LogP contribution in [-0.2, 0) is 13.1 Å². The van der Waals surface area contributed by atoms with Gasteiger partial charge >= 0.3 is 5.97 Å². The predicted molar refractivity (Wildman–Crippen MR) is 73.6 cm³/mol. The van der Waals surface area contributed by atoms with Crippen molar-refractivity contribution in [2.45, 2.75) is 32.9 Å². The van der Waals surface area contributed by atoms with Gasteiger partial charge in [0.05, 0.1) is 12.9 Å². The minimum atomic E-state index is -1.02. The zero-order chi connectivity index (χ0) is 14.4. The highest BCUT2D eigenvalue weighted by atomic mass is 16.4. The number of nitrogens with one attached hydrogen (secondary N) is 1. The Labute approximate surface area is 117 Å². The smallest absolute Gasteiger partial charge is 0.372 e. The number of hydrogen-bond donors (Lipinski definition) is 2. The van der Waals surface area contributed by atoms with Crippen molar-refractivity contribution < 1.29 is 14.3 Å². The molecule has 0 atom stereocenters. The van der Waals surface area contributed by atoms with E-state index >= 15 is 0 Å². The molecule has 6 heteroatoms. The summed E-state index contributed by atoms with van der Waals surface area (Å²) in [6.07, 6.45) is 7.65. The number of rotatable bonds is 8. The topological polar surface area (TPSA) is 80.3 Å². The SMILES string of the molecule is Cc1cc(CNCCCCn2ccnc2)oc1C(=O)O. The normalized spacial score (nSPS) is 10.8. The molecule has 0 radical (unpaired) electrons. The number of unbranched alkanes of at least 4 members (excludes halogenated alkanes) is 1. The summed E-state index contributed by atoms with van der Waals surface area (Å²) in [7, 11) is 0. The maximum absolute atomic E-state index is 10.8. The molecule has 108 valence electrons. The van der Waals surface area contributed by atoms with Gasteiger partial charge in [-0.05, 0) is 32.4 Å². The van der Waals surface area contributed by atoms with Crippen molar-refractivity contribution in [1.82, 2.24) is 14.9 Å². The zero-order valence-electron chi connectivity index (χ0n) is 11.5. The van der Waals surface area contributed by atoms with Gasteiger partial charge in [0.2, 0.25) is 5.76 Å². The molecule has 20 heavy (non-hydrogen) atoms. The minimum absolute atomic E-state index is 0.0295. The van der Waals surface area contributed by atoms with Crippen molar-refractivity contribution in [2.75, 3.05) is 6.54 Å². The standard InChI is InChI=1S/C14H19N3O3/c1-11-8-12(20-13(11)14(18)19)9-15-4-2-3-6-17-7-5-16-10-17/h5,7-8,10,15H,2-4,6,9H2,1H3,(H,18,19). The van der Waals surface area contributed by atoms with Crippen molar-refractivity contribution in [3.05, 3.63) is 41.9 Å². The number of carboxylic acids is 1. The first-order chi connectivity index (χ1) is 9.66. The summed E-state index contributed by atoms with van der Waals surface area (Å²) in [5.41, 5.74) is 0.661. The summed E-state index contributed by atoms with van der Waals surface area (Å²) >= 11 is 0. The third-order valence-electron chi connectivity index (χ3n) is 3.04. The zero-order valence-corrected chi connectivity index (χ0v) is 11.5. The molecule has 2 rings (SSSR count). The molecule has 0 aromatic carbocycles. The molecular weight excluding hydrogens is 258 g/mol. The van der Waals surface area contributed by atoms with Crippen LogP contribution in [0.25, 0.3) is 0 Å². The van der Waals surface area contributed by atoms with Crippen LogP contribution < -0.4 is 5.32 Å². The molecule has 2 heterocycles. The number of aromatic nitrogens is 2. The Hall–Kier alpha value is -2.08. The molecule has 0 fully saturated rings. The Morgan fingerprint density at radius 2 is 2.35 bits per heavy atom. The molecular formula is C14H19N3O3. The van der Waals surface area contributed by atoms with E-state index in [9.17, 15) is 4.79 Å². The molecule has 0 spiro atoms. The van der Waals surface area contributed by atoms with E-state index in [0.29, 0.717) is 17.9 Å². The Morgan fingerprint density at radius 3 is 3.00 bits per heavy atom. The second kappa shape index (κ2) is 6.91. The van der Waals surface area contributed by atoms with Gasteiger partial charge in [-0.2, -0.15) is 0 Å². The Morgan fingerprint density at radius 1 is 1.50 bits per heavy atom. The van der Waals surface area contributed by atoms with Gasteiger partial charge in [0.15, 0.2) is 0 Å². The van der Waals surface area contributed by atoms with Crippen molar-refractivity contribution in [3.8, 4) is 0 Å². The molecule has 0 aliphatic rings. The van der Waals surface area contributed by atoms with E-state index in [4.69, 9.17) is 9.52 Å². The van der Waals surface area contributed by atoms with Crippen LogP contribution in [0.1, 0.15) is 34.7 Å². The Balaban J connectivity index is 1.63. The average molecular weight is 277 g/mol. The third kappa shape index (κ3) is 3.96. The summed E-state index contributed by atoms with van der Waals surface area (Å²) in [6.45, 7) is 4.13. The van der Waals surface area contributed by atoms with Gasteiger partial charge in [-0.3, -0.25) is 0 Å². The molecule has 0 amide bonds. The first kappa shape index (κ1) is 14.3. The Bertz CT molecular complexity index is 546. The monoisotopic (exact) mass is 277 g/mol. The highest BCUT2D eigenvalue weighted by molar-refractivity contribution is 5.86. The minimum Gasteiger partial charge on any atom is -0.475 e. The Kier molecular flexibility index (Phi) is 4.95. The molecule has 0 saturated heterocycles. The maximum atomic E-state index is 10.8. The molecule has 0 bridgehead atoms. The van der Waals surface area contributed by atoms with Gasteiger partial charge in [0, 0.05) is 24.5 Å². The molecule has 2 aromatic rings. The lowest BCUT2D eigenvalue weighted by Crippen LogP contribution is -2.14. The van der Waals surface area contributed by atoms with Crippen LogP contribution in [0.15, 0.2) is 29.2 Å². The van der Waals surface area contributed by atoms with Crippen LogP contribution in [0, 0.1) is 6.92 Å². The lowest BCUT2D eigenvalue weighted by atomic mass is 10.2.